The molecule has 2 saturated heterocycles. The molecule has 6 nitrogen and oxygen atoms in total. The van der Waals surface area contributed by atoms with E-state index in [1.165, 1.54) is 18.4 Å². The van der Waals surface area contributed by atoms with Gasteiger partial charge in [0, 0.05) is 31.7 Å². The summed E-state index contributed by atoms with van der Waals surface area (Å²) >= 11 is 0. The molecule has 2 unspecified atom stereocenters. The number of methoxy groups -OCH3 is 1. The minimum Gasteiger partial charge on any atom is -0.497 e. The SMILES string of the molecule is CCNC(=NCC(c1ccc(OC)cc1)N(C)C)N1CCC2(CCOC2)C1.I. The summed E-state index contributed by atoms with van der Waals surface area (Å²) in [5.41, 5.74) is 1.59. The van der Waals surface area contributed by atoms with Crippen molar-refractivity contribution >= 4 is 29.9 Å². The molecule has 28 heavy (non-hydrogen) atoms. The Morgan fingerprint density at radius 3 is 2.64 bits per heavy atom. The first-order valence-corrected chi connectivity index (χ1v) is 9.98. The number of hydrogen-bond donors (Lipinski definition) is 1. The molecule has 0 saturated carbocycles. The predicted octanol–water partition coefficient (Wildman–Crippen LogP) is 2.99. The zero-order chi connectivity index (χ0) is 19.3. The number of rotatable bonds is 6. The zero-order valence-electron chi connectivity index (χ0n) is 17.6. The minimum absolute atomic E-state index is 0. The van der Waals surface area contributed by atoms with Crippen LogP contribution in [-0.2, 0) is 4.74 Å². The number of hydrogen-bond acceptors (Lipinski definition) is 4. The third kappa shape index (κ3) is 5.51. The van der Waals surface area contributed by atoms with Crippen LogP contribution in [0.25, 0.3) is 0 Å². The summed E-state index contributed by atoms with van der Waals surface area (Å²) in [5.74, 6) is 1.91. The molecule has 2 aliphatic heterocycles. The maximum atomic E-state index is 5.67. The molecule has 7 heteroatoms. The summed E-state index contributed by atoms with van der Waals surface area (Å²) in [4.78, 5) is 9.65. The van der Waals surface area contributed by atoms with Gasteiger partial charge in [-0.25, -0.2) is 0 Å². The lowest BCUT2D eigenvalue weighted by Gasteiger charge is -2.27. The van der Waals surface area contributed by atoms with Gasteiger partial charge in [-0.3, -0.25) is 4.99 Å². The zero-order valence-corrected chi connectivity index (χ0v) is 19.9. The normalized spacial score (nSPS) is 23.2. The number of guanidine groups is 1. The molecule has 1 aromatic carbocycles. The van der Waals surface area contributed by atoms with E-state index in [-0.39, 0.29) is 30.0 Å². The van der Waals surface area contributed by atoms with Gasteiger partial charge in [0.15, 0.2) is 5.96 Å². The van der Waals surface area contributed by atoms with Crippen molar-refractivity contribution in [1.29, 1.82) is 0 Å². The Bertz CT molecular complexity index is 630. The summed E-state index contributed by atoms with van der Waals surface area (Å²) in [6.45, 7) is 7.65. The highest BCUT2D eigenvalue weighted by Gasteiger charge is 2.42. The van der Waals surface area contributed by atoms with Gasteiger partial charge >= 0.3 is 0 Å². The van der Waals surface area contributed by atoms with Crippen LogP contribution in [0.5, 0.6) is 5.75 Å². The molecule has 158 valence electrons. The van der Waals surface area contributed by atoms with Gasteiger partial charge < -0.3 is 24.6 Å². The summed E-state index contributed by atoms with van der Waals surface area (Å²) < 4.78 is 11.0. The molecule has 0 aromatic heterocycles. The van der Waals surface area contributed by atoms with Crippen LogP contribution >= 0.6 is 24.0 Å². The Balaban J connectivity index is 0.00000280. The van der Waals surface area contributed by atoms with E-state index < -0.39 is 0 Å². The van der Waals surface area contributed by atoms with E-state index in [9.17, 15) is 0 Å². The first-order chi connectivity index (χ1) is 13.1. The van der Waals surface area contributed by atoms with Gasteiger partial charge in [-0.05, 0) is 51.6 Å². The van der Waals surface area contributed by atoms with Gasteiger partial charge in [-0.1, -0.05) is 12.1 Å². The molecule has 0 radical (unpaired) electrons. The molecule has 0 aliphatic carbocycles. The van der Waals surface area contributed by atoms with E-state index in [0.717, 1.165) is 51.1 Å². The molecule has 0 bridgehead atoms. The molecule has 2 heterocycles. The molecule has 3 rings (SSSR count). The Hall–Kier alpha value is -1.06. The summed E-state index contributed by atoms with van der Waals surface area (Å²) in [5, 5.41) is 3.49. The molecule has 2 aliphatic rings. The number of nitrogens with one attached hydrogen (secondary N) is 1. The second-order valence-corrected chi connectivity index (χ2v) is 7.92. The smallest absolute Gasteiger partial charge is 0.194 e. The van der Waals surface area contributed by atoms with Crippen LogP contribution < -0.4 is 10.1 Å². The highest BCUT2D eigenvalue weighted by molar-refractivity contribution is 14.0. The fraction of sp³-hybridized carbons (Fsp3) is 0.667. The first-order valence-electron chi connectivity index (χ1n) is 9.98. The van der Waals surface area contributed by atoms with Crippen molar-refractivity contribution < 1.29 is 9.47 Å². The highest BCUT2D eigenvalue weighted by Crippen LogP contribution is 2.38. The fourth-order valence-corrected chi connectivity index (χ4v) is 4.08. The largest absolute Gasteiger partial charge is 0.497 e. The van der Waals surface area contributed by atoms with Gasteiger partial charge in [0.05, 0.1) is 26.3 Å². The van der Waals surface area contributed by atoms with Gasteiger partial charge in [-0.15, -0.1) is 24.0 Å². The molecule has 1 spiro atoms. The molecular weight excluding hydrogens is 467 g/mol. The Kier molecular flexibility index (Phi) is 8.82. The van der Waals surface area contributed by atoms with E-state index in [1.807, 2.05) is 12.1 Å². The van der Waals surface area contributed by atoms with Crippen molar-refractivity contribution in [2.75, 3.05) is 60.6 Å². The van der Waals surface area contributed by atoms with Gasteiger partial charge in [0.25, 0.3) is 0 Å². The second kappa shape index (κ2) is 10.6. The first kappa shape index (κ1) is 23.2. The number of likely N-dealkylation sites (N-methyl/N-ethyl adjacent to an activating group) is 1. The van der Waals surface area contributed by atoms with Crippen molar-refractivity contribution in [3.05, 3.63) is 29.8 Å². The van der Waals surface area contributed by atoms with E-state index in [2.05, 4.69) is 48.3 Å². The monoisotopic (exact) mass is 502 g/mol. The summed E-state index contributed by atoms with van der Waals surface area (Å²) in [6, 6.07) is 8.53. The average Bonchev–Trinajstić information content (AvgIpc) is 3.31. The highest BCUT2D eigenvalue weighted by atomic mass is 127. The van der Waals surface area contributed by atoms with Crippen molar-refractivity contribution in [3.8, 4) is 5.75 Å². The number of halogens is 1. The number of aliphatic imine (C=N–C) groups is 1. The third-order valence-corrected chi connectivity index (χ3v) is 5.80. The van der Waals surface area contributed by atoms with Gasteiger partial charge in [-0.2, -0.15) is 0 Å². The summed E-state index contributed by atoms with van der Waals surface area (Å²) in [6.07, 6.45) is 2.38. The Morgan fingerprint density at radius 2 is 2.07 bits per heavy atom. The maximum absolute atomic E-state index is 5.67. The lowest BCUT2D eigenvalue weighted by atomic mass is 9.87. The van der Waals surface area contributed by atoms with Crippen LogP contribution in [0.15, 0.2) is 29.3 Å². The molecule has 2 fully saturated rings. The molecule has 0 amide bonds. The van der Waals surface area contributed by atoms with Crippen molar-refractivity contribution in [2.24, 2.45) is 10.4 Å². The van der Waals surface area contributed by atoms with E-state index >= 15 is 0 Å². The van der Waals surface area contributed by atoms with Crippen LogP contribution in [0.2, 0.25) is 0 Å². The van der Waals surface area contributed by atoms with Crippen LogP contribution in [0.4, 0.5) is 0 Å². The standard InChI is InChI=1S/C21H34N4O2.HI/c1-5-22-20(25-12-10-21(15-25)11-13-27-16-21)23-14-19(24(2)3)17-6-8-18(26-4)9-7-17;/h6-9,19H,5,10-16H2,1-4H3,(H,22,23);1H. The third-order valence-electron chi connectivity index (χ3n) is 5.80. The number of likely N-dealkylation sites (tertiary alicyclic amines) is 1. The molecule has 1 aromatic rings. The number of nitrogens with zero attached hydrogens (tertiary/aromatic N) is 3. The average molecular weight is 502 g/mol. The topological polar surface area (TPSA) is 49.3 Å². The Labute approximate surface area is 186 Å². The van der Waals surface area contributed by atoms with Crippen LogP contribution in [0, 0.1) is 5.41 Å². The summed E-state index contributed by atoms with van der Waals surface area (Å²) in [7, 11) is 5.92. The predicted molar refractivity (Wildman–Crippen MR) is 125 cm³/mol. The van der Waals surface area contributed by atoms with E-state index in [0.29, 0.717) is 5.41 Å². The lowest BCUT2D eigenvalue weighted by Crippen LogP contribution is -2.42. The lowest BCUT2D eigenvalue weighted by molar-refractivity contribution is 0.156. The van der Waals surface area contributed by atoms with Crippen LogP contribution in [-0.4, -0.2) is 76.4 Å². The van der Waals surface area contributed by atoms with Gasteiger partial charge in [0.1, 0.15) is 5.75 Å². The van der Waals surface area contributed by atoms with Crippen LogP contribution in [0.1, 0.15) is 31.4 Å². The quantitative estimate of drug-likeness (QED) is 0.368. The van der Waals surface area contributed by atoms with Crippen molar-refractivity contribution in [3.63, 3.8) is 0 Å². The second-order valence-electron chi connectivity index (χ2n) is 7.92. The minimum atomic E-state index is 0. The fourth-order valence-electron chi connectivity index (χ4n) is 4.08. The van der Waals surface area contributed by atoms with Gasteiger partial charge in [0.2, 0.25) is 0 Å². The number of benzene rings is 1. The molecular formula is C21H35IN4O2. The number of ether oxygens (including phenoxy) is 2. The Morgan fingerprint density at radius 1 is 1.32 bits per heavy atom. The van der Waals surface area contributed by atoms with E-state index in [4.69, 9.17) is 14.5 Å². The van der Waals surface area contributed by atoms with E-state index in [1.54, 1.807) is 7.11 Å². The van der Waals surface area contributed by atoms with Crippen LogP contribution in [0.3, 0.4) is 0 Å². The van der Waals surface area contributed by atoms with Crippen molar-refractivity contribution in [1.82, 2.24) is 15.1 Å². The molecule has 1 N–H and O–H groups in total. The van der Waals surface area contributed by atoms with Crippen molar-refractivity contribution in [2.45, 2.75) is 25.8 Å². The maximum Gasteiger partial charge on any atom is 0.194 e. The molecule has 2 atom stereocenters.